The molecule has 0 radical (unpaired) electrons. The number of halogens is 1. The molecule has 2 rings (SSSR count). The van der Waals surface area contributed by atoms with Crippen molar-refractivity contribution < 1.29 is 9.52 Å². The number of nitrogens with two attached hydrogens (primary N) is 1. The minimum Gasteiger partial charge on any atom is -0.464 e. The zero-order chi connectivity index (χ0) is 12.4. The molecule has 2 aromatic rings. The highest BCUT2D eigenvalue weighted by atomic mass is 35.5. The Hall–Kier alpha value is -1.36. The maximum Gasteiger partial charge on any atom is 0.195 e. The molecule has 5 heteroatoms. The second kappa shape index (κ2) is 6.00. The first-order valence-electron chi connectivity index (χ1n) is 5.49. The molecule has 18 heavy (non-hydrogen) atoms. The van der Waals surface area contributed by atoms with E-state index >= 15 is 0 Å². The number of fused-ring (bicyclic) bond motifs is 1. The van der Waals surface area contributed by atoms with Crippen LogP contribution in [0.2, 0.25) is 0 Å². The standard InChI is InChI=1S/C13H15NO3.ClH/c1-8-2-3-12-11(4-8)13(16)9(7-17-12)5-10(14)6-15;/h2-4,7,10,15H,5-6,14H2,1H3;1H. The molecular weight excluding hydrogens is 254 g/mol. The molecule has 1 atom stereocenters. The fourth-order valence-corrected chi connectivity index (χ4v) is 1.77. The lowest BCUT2D eigenvalue weighted by molar-refractivity contribution is 0.265. The smallest absolute Gasteiger partial charge is 0.195 e. The Labute approximate surface area is 111 Å². The minimum atomic E-state index is -0.430. The first kappa shape index (κ1) is 14.7. The molecule has 3 N–H and O–H groups in total. The van der Waals surface area contributed by atoms with E-state index in [4.69, 9.17) is 15.3 Å². The van der Waals surface area contributed by atoms with Crippen LogP contribution in [-0.4, -0.2) is 17.8 Å². The second-order valence-corrected chi connectivity index (χ2v) is 4.24. The van der Waals surface area contributed by atoms with Gasteiger partial charge in [0.15, 0.2) is 5.43 Å². The number of aliphatic hydroxyl groups excluding tert-OH is 1. The molecule has 0 saturated carbocycles. The Balaban J connectivity index is 0.00000162. The topological polar surface area (TPSA) is 76.5 Å². The van der Waals surface area contributed by atoms with E-state index in [1.165, 1.54) is 6.26 Å². The summed E-state index contributed by atoms with van der Waals surface area (Å²) in [6.07, 6.45) is 1.75. The summed E-state index contributed by atoms with van der Waals surface area (Å²) in [6, 6.07) is 5.04. The summed E-state index contributed by atoms with van der Waals surface area (Å²) in [5.41, 5.74) is 7.63. The molecule has 0 bridgehead atoms. The third kappa shape index (κ3) is 2.90. The van der Waals surface area contributed by atoms with Crippen molar-refractivity contribution in [2.45, 2.75) is 19.4 Å². The zero-order valence-electron chi connectivity index (χ0n) is 10.1. The van der Waals surface area contributed by atoms with Gasteiger partial charge in [-0.15, -0.1) is 12.4 Å². The Bertz CT molecular complexity index is 594. The first-order valence-corrected chi connectivity index (χ1v) is 5.49. The minimum absolute atomic E-state index is 0. The van der Waals surface area contributed by atoms with Crippen molar-refractivity contribution in [1.29, 1.82) is 0 Å². The van der Waals surface area contributed by atoms with Crippen molar-refractivity contribution in [1.82, 2.24) is 0 Å². The van der Waals surface area contributed by atoms with Gasteiger partial charge >= 0.3 is 0 Å². The SMILES string of the molecule is Cc1ccc2occ(CC(N)CO)c(=O)c2c1.Cl. The molecule has 98 valence electrons. The van der Waals surface area contributed by atoms with Gasteiger partial charge in [0.25, 0.3) is 0 Å². The van der Waals surface area contributed by atoms with Crippen molar-refractivity contribution in [2.75, 3.05) is 6.61 Å². The van der Waals surface area contributed by atoms with E-state index in [9.17, 15) is 4.79 Å². The molecule has 0 spiro atoms. The third-order valence-electron chi connectivity index (χ3n) is 2.72. The van der Waals surface area contributed by atoms with Gasteiger partial charge in [0.05, 0.1) is 18.3 Å². The van der Waals surface area contributed by atoms with Gasteiger partial charge in [0.2, 0.25) is 0 Å². The van der Waals surface area contributed by atoms with E-state index in [0.29, 0.717) is 23.0 Å². The largest absolute Gasteiger partial charge is 0.464 e. The van der Waals surface area contributed by atoms with Gasteiger partial charge in [-0.1, -0.05) is 11.6 Å². The fraction of sp³-hybridized carbons (Fsp3) is 0.308. The van der Waals surface area contributed by atoms with Crippen molar-refractivity contribution in [3.05, 3.63) is 45.8 Å². The van der Waals surface area contributed by atoms with Gasteiger partial charge in [-0.2, -0.15) is 0 Å². The van der Waals surface area contributed by atoms with Crippen LogP contribution < -0.4 is 11.2 Å². The van der Waals surface area contributed by atoms with Crippen LogP contribution in [-0.2, 0) is 6.42 Å². The summed E-state index contributed by atoms with van der Waals surface area (Å²) >= 11 is 0. The van der Waals surface area contributed by atoms with Crippen LogP contribution in [0.15, 0.2) is 33.7 Å². The number of rotatable bonds is 3. The average molecular weight is 270 g/mol. The molecule has 0 fully saturated rings. The number of benzene rings is 1. The maximum atomic E-state index is 12.1. The molecule has 1 heterocycles. The highest BCUT2D eigenvalue weighted by Gasteiger charge is 2.10. The predicted octanol–water partition coefficient (Wildman–Crippen LogP) is 1.39. The molecule has 0 amide bonds. The van der Waals surface area contributed by atoms with E-state index in [0.717, 1.165) is 5.56 Å². The number of hydrogen-bond acceptors (Lipinski definition) is 4. The first-order chi connectivity index (χ1) is 8.11. The van der Waals surface area contributed by atoms with Gasteiger partial charge in [0, 0.05) is 11.6 Å². The van der Waals surface area contributed by atoms with Crippen LogP contribution in [0.4, 0.5) is 0 Å². The lowest BCUT2D eigenvalue weighted by Crippen LogP contribution is -2.29. The normalized spacial score (nSPS) is 12.2. The molecule has 0 saturated heterocycles. The van der Waals surface area contributed by atoms with Crippen molar-refractivity contribution in [2.24, 2.45) is 5.73 Å². The predicted molar refractivity (Wildman–Crippen MR) is 73.2 cm³/mol. The van der Waals surface area contributed by atoms with Crippen LogP contribution in [0.3, 0.4) is 0 Å². The molecule has 0 aliphatic carbocycles. The van der Waals surface area contributed by atoms with Crippen LogP contribution >= 0.6 is 12.4 Å². The molecule has 1 aromatic carbocycles. The summed E-state index contributed by atoms with van der Waals surface area (Å²) in [4.78, 5) is 12.1. The quantitative estimate of drug-likeness (QED) is 0.883. The number of aliphatic hydroxyl groups is 1. The molecular formula is C13H16ClNO3. The molecule has 0 aliphatic rings. The number of aryl methyl sites for hydroxylation is 1. The number of hydrogen-bond donors (Lipinski definition) is 2. The summed E-state index contributed by atoms with van der Waals surface area (Å²) in [7, 11) is 0. The van der Waals surface area contributed by atoms with Crippen LogP contribution in [0.5, 0.6) is 0 Å². The van der Waals surface area contributed by atoms with Gasteiger partial charge < -0.3 is 15.3 Å². The van der Waals surface area contributed by atoms with Crippen molar-refractivity contribution >= 4 is 23.4 Å². The monoisotopic (exact) mass is 269 g/mol. The van der Waals surface area contributed by atoms with Gasteiger partial charge in [0.1, 0.15) is 5.58 Å². The van der Waals surface area contributed by atoms with Crippen LogP contribution in [0.25, 0.3) is 11.0 Å². The second-order valence-electron chi connectivity index (χ2n) is 4.24. The van der Waals surface area contributed by atoms with E-state index < -0.39 is 6.04 Å². The summed E-state index contributed by atoms with van der Waals surface area (Å²) < 4.78 is 5.39. The Kier molecular flexibility index (Phi) is 4.90. The fourth-order valence-electron chi connectivity index (χ4n) is 1.77. The van der Waals surface area contributed by atoms with Gasteiger partial charge in [-0.25, -0.2) is 0 Å². The lowest BCUT2D eigenvalue weighted by atomic mass is 10.1. The van der Waals surface area contributed by atoms with E-state index in [1.54, 1.807) is 12.1 Å². The molecule has 1 aromatic heterocycles. The summed E-state index contributed by atoms with van der Waals surface area (Å²) in [5, 5.41) is 9.45. The van der Waals surface area contributed by atoms with Crippen LogP contribution in [0.1, 0.15) is 11.1 Å². The van der Waals surface area contributed by atoms with Crippen molar-refractivity contribution in [3.8, 4) is 0 Å². The summed E-state index contributed by atoms with van der Waals surface area (Å²) in [6.45, 7) is 1.77. The van der Waals surface area contributed by atoms with E-state index in [1.807, 2.05) is 13.0 Å². The molecule has 4 nitrogen and oxygen atoms in total. The van der Waals surface area contributed by atoms with Crippen molar-refractivity contribution in [3.63, 3.8) is 0 Å². The zero-order valence-corrected chi connectivity index (χ0v) is 10.9. The Morgan fingerprint density at radius 2 is 2.17 bits per heavy atom. The Morgan fingerprint density at radius 1 is 1.44 bits per heavy atom. The third-order valence-corrected chi connectivity index (χ3v) is 2.72. The average Bonchev–Trinajstić information content (AvgIpc) is 2.33. The maximum absolute atomic E-state index is 12.1. The van der Waals surface area contributed by atoms with E-state index in [2.05, 4.69) is 0 Å². The Morgan fingerprint density at radius 3 is 2.83 bits per heavy atom. The van der Waals surface area contributed by atoms with Crippen LogP contribution in [0, 0.1) is 6.92 Å². The highest BCUT2D eigenvalue weighted by molar-refractivity contribution is 5.85. The molecule has 1 unspecified atom stereocenters. The summed E-state index contributed by atoms with van der Waals surface area (Å²) in [5.74, 6) is 0. The highest BCUT2D eigenvalue weighted by Crippen LogP contribution is 2.13. The van der Waals surface area contributed by atoms with Gasteiger partial charge in [-0.05, 0) is 25.5 Å². The molecule has 0 aliphatic heterocycles. The van der Waals surface area contributed by atoms with Gasteiger partial charge in [-0.3, -0.25) is 4.79 Å². The lowest BCUT2D eigenvalue weighted by Gasteiger charge is -2.07. The van der Waals surface area contributed by atoms with E-state index in [-0.39, 0.29) is 24.4 Å².